The Bertz CT molecular complexity index is 2320. The Balaban J connectivity index is 0.987. The SMILES string of the molecule is O=C(NCc1ccccc1-c1ccc(C2OC(CSc3nnnn3-c3ccccc3)CC(c3ccc(CO)cc3)O2)cc1)c1cnc2ccccc2n1. The lowest BCUT2D eigenvalue weighted by atomic mass is 9.97. The number of para-hydroxylation sites is 3. The number of benzene rings is 5. The van der Waals surface area contributed by atoms with Gasteiger partial charge in [-0.2, -0.15) is 4.68 Å². The standard InChI is InChI=1S/C41H35N7O4S/c49-25-27-14-16-29(17-15-27)38-22-33(26-53-41-45-46-47-48(41)32-9-2-1-3-10-32)51-40(52-38)30-20-18-28(19-21-30)34-11-5-4-8-31(34)23-43-39(50)37-24-42-35-12-6-7-13-36(35)44-37/h1-21,24,33,38,40,49H,22-23,25-26H2,(H,43,50). The lowest BCUT2D eigenvalue weighted by Gasteiger charge is -2.36. The first-order valence-corrected chi connectivity index (χ1v) is 18.3. The largest absolute Gasteiger partial charge is 0.392 e. The highest BCUT2D eigenvalue weighted by atomic mass is 32.2. The summed E-state index contributed by atoms with van der Waals surface area (Å²) in [6, 6.07) is 41.3. The third kappa shape index (κ3) is 7.86. The Morgan fingerprint density at radius 2 is 1.57 bits per heavy atom. The molecule has 53 heavy (non-hydrogen) atoms. The van der Waals surface area contributed by atoms with Crippen molar-refractivity contribution in [2.24, 2.45) is 0 Å². The van der Waals surface area contributed by atoms with Crippen LogP contribution in [-0.2, 0) is 22.6 Å². The van der Waals surface area contributed by atoms with Crippen molar-refractivity contribution in [2.45, 2.75) is 43.2 Å². The third-order valence-electron chi connectivity index (χ3n) is 9.09. The molecule has 1 aliphatic heterocycles. The topological polar surface area (TPSA) is 137 Å². The van der Waals surface area contributed by atoms with Crippen LogP contribution < -0.4 is 5.32 Å². The molecule has 11 nitrogen and oxygen atoms in total. The average molecular weight is 722 g/mol. The maximum absolute atomic E-state index is 13.0. The third-order valence-corrected chi connectivity index (χ3v) is 10.1. The fourth-order valence-corrected chi connectivity index (χ4v) is 7.21. The molecule has 3 heterocycles. The number of fused-ring (bicyclic) bond motifs is 1. The van der Waals surface area contributed by atoms with Gasteiger partial charge in [0.05, 0.1) is 41.7 Å². The van der Waals surface area contributed by atoms with Gasteiger partial charge in [-0.05, 0) is 62.5 Å². The molecule has 0 aliphatic carbocycles. The first-order valence-electron chi connectivity index (χ1n) is 17.3. The van der Waals surface area contributed by atoms with E-state index in [0.717, 1.165) is 44.6 Å². The highest BCUT2D eigenvalue weighted by molar-refractivity contribution is 7.99. The van der Waals surface area contributed by atoms with Crippen LogP contribution in [0.5, 0.6) is 0 Å². The Labute approximate surface area is 310 Å². The summed E-state index contributed by atoms with van der Waals surface area (Å²) in [5.41, 5.74) is 8.28. The van der Waals surface area contributed by atoms with E-state index in [4.69, 9.17) is 9.47 Å². The molecule has 3 atom stereocenters. The van der Waals surface area contributed by atoms with E-state index in [1.165, 1.54) is 18.0 Å². The van der Waals surface area contributed by atoms with Gasteiger partial charge < -0.3 is 19.9 Å². The molecule has 0 spiro atoms. The number of rotatable bonds is 11. The van der Waals surface area contributed by atoms with Crippen LogP contribution in [0.1, 0.15) is 51.6 Å². The predicted molar refractivity (Wildman–Crippen MR) is 201 cm³/mol. The Morgan fingerprint density at radius 1 is 0.830 bits per heavy atom. The van der Waals surface area contributed by atoms with Gasteiger partial charge in [0.25, 0.3) is 5.91 Å². The summed E-state index contributed by atoms with van der Waals surface area (Å²) < 4.78 is 14.9. The quantitative estimate of drug-likeness (QED) is 0.134. The zero-order chi connectivity index (χ0) is 36.0. The summed E-state index contributed by atoms with van der Waals surface area (Å²) >= 11 is 1.54. The summed E-state index contributed by atoms with van der Waals surface area (Å²) in [6.07, 6.45) is 1.13. The fourth-order valence-electron chi connectivity index (χ4n) is 6.30. The number of hydrogen-bond acceptors (Lipinski definition) is 10. The second kappa shape index (κ2) is 15.8. The van der Waals surface area contributed by atoms with Gasteiger partial charge in [0.15, 0.2) is 6.29 Å². The molecule has 1 saturated heterocycles. The Hall–Kier alpha value is -5.79. The van der Waals surface area contributed by atoms with Crippen molar-refractivity contribution in [1.29, 1.82) is 0 Å². The summed E-state index contributed by atoms with van der Waals surface area (Å²) in [4.78, 5) is 21.9. The van der Waals surface area contributed by atoms with Crippen LogP contribution in [0.15, 0.2) is 139 Å². The molecule has 7 aromatic rings. The highest BCUT2D eigenvalue weighted by Gasteiger charge is 2.33. The minimum absolute atomic E-state index is 0.0199. The molecule has 8 rings (SSSR count). The van der Waals surface area contributed by atoms with Gasteiger partial charge in [0.2, 0.25) is 5.16 Å². The summed E-state index contributed by atoms with van der Waals surface area (Å²) in [5.74, 6) is 0.324. The molecule has 1 amide bonds. The normalized spacial score (nSPS) is 17.1. The van der Waals surface area contributed by atoms with Gasteiger partial charge in [0, 0.05) is 24.3 Å². The molecule has 12 heteroatoms. The second-order valence-corrected chi connectivity index (χ2v) is 13.6. The second-order valence-electron chi connectivity index (χ2n) is 12.6. The number of tetrazole rings is 1. The summed E-state index contributed by atoms with van der Waals surface area (Å²) in [7, 11) is 0. The number of carbonyl (C=O) groups excluding carboxylic acids is 1. The van der Waals surface area contributed by atoms with Crippen LogP contribution in [0.2, 0.25) is 0 Å². The molecule has 5 aromatic carbocycles. The molecule has 1 aliphatic rings. The molecule has 2 aromatic heterocycles. The van der Waals surface area contributed by atoms with Gasteiger partial charge in [-0.1, -0.05) is 115 Å². The molecule has 0 bridgehead atoms. The maximum Gasteiger partial charge on any atom is 0.271 e. The summed E-state index contributed by atoms with van der Waals surface area (Å²) in [5, 5.41) is 25.7. The molecular formula is C41H35N7O4S. The number of nitrogens with one attached hydrogen (secondary N) is 1. The number of hydrogen-bond donors (Lipinski definition) is 2. The first kappa shape index (κ1) is 34.3. The number of nitrogens with zero attached hydrogens (tertiary/aromatic N) is 6. The zero-order valence-corrected chi connectivity index (χ0v) is 29.3. The van der Waals surface area contributed by atoms with E-state index in [-0.39, 0.29) is 30.4 Å². The molecular weight excluding hydrogens is 687 g/mol. The number of aliphatic hydroxyl groups is 1. The fraction of sp³-hybridized carbons (Fsp3) is 0.171. The van der Waals surface area contributed by atoms with Crippen molar-refractivity contribution in [3.63, 3.8) is 0 Å². The monoisotopic (exact) mass is 721 g/mol. The van der Waals surface area contributed by atoms with Gasteiger partial charge in [-0.25, -0.2) is 4.98 Å². The van der Waals surface area contributed by atoms with Crippen molar-refractivity contribution in [3.8, 4) is 16.8 Å². The van der Waals surface area contributed by atoms with Gasteiger partial charge in [-0.3, -0.25) is 9.78 Å². The van der Waals surface area contributed by atoms with E-state index < -0.39 is 6.29 Å². The molecule has 2 N–H and O–H groups in total. The van der Waals surface area contributed by atoms with Crippen molar-refractivity contribution in [2.75, 3.05) is 5.75 Å². The van der Waals surface area contributed by atoms with Crippen LogP contribution in [0, 0.1) is 0 Å². The summed E-state index contributed by atoms with van der Waals surface area (Å²) in [6.45, 7) is 0.303. The lowest BCUT2D eigenvalue weighted by molar-refractivity contribution is -0.245. The van der Waals surface area contributed by atoms with Crippen molar-refractivity contribution in [3.05, 3.63) is 162 Å². The lowest BCUT2D eigenvalue weighted by Crippen LogP contribution is -2.31. The molecule has 0 saturated carbocycles. The minimum Gasteiger partial charge on any atom is -0.392 e. The van der Waals surface area contributed by atoms with Crippen molar-refractivity contribution in [1.82, 2.24) is 35.5 Å². The molecule has 0 radical (unpaired) electrons. The number of ether oxygens (including phenoxy) is 2. The van der Waals surface area contributed by atoms with Crippen molar-refractivity contribution >= 4 is 28.7 Å². The van der Waals surface area contributed by atoms with Crippen LogP contribution in [0.4, 0.5) is 0 Å². The molecule has 1 fully saturated rings. The predicted octanol–water partition coefficient (Wildman–Crippen LogP) is 7.03. The smallest absolute Gasteiger partial charge is 0.271 e. The molecule has 264 valence electrons. The highest BCUT2D eigenvalue weighted by Crippen LogP contribution is 2.40. The Kier molecular flexibility index (Phi) is 10.3. The Morgan fingerprint density at radius 3 is 2.38 bits per heavy atom. The van der Waals surface area contributed by atoms with E-state index in [2.05, 4.69) is 42.9 Å². The number of aromatic nitrogens is 6. The van der Waals surface area contributed by atoms with Crippen LogP contribution in [0.3, 0.4) is 0 Å². The average Bonchev–Trinajstić information content (AvgIpc) is 3.71. The van der Waals surface area contributed by atoms with E-state index in [0.29, 0.717) is 29.4 Å². The number of amides is 1. The van der Waals surface area contributed by atoms with E-state index in [1.807, 2.05) is 115 Å². The van der Waals surface area contributed by atoms with Gasteiger partial charge in [-0.15, -0.1) is 5.10 Å². The van der Waals surface area contributed by atoms with Crippen LogP contribution in [0.25, 0.3) is 27.8 Å². The van der Waals surface area contributed by atoms with Crippen LogP contribution in [-0.4, -0.2) is 53.0 Å². The number of thioether (sulfide) groups is 1. The number of carbonyl (C=O) groups is 1. The zero-order valence-electron chi connectivity index (χ0n) is 28.5. The van der Waals surface area contributed by atoms with E-state index >= 15 is 0 Å². The van der Waals surface area contributed by atoms with E-state index in [9.17, 15) is 9.90 Å². The van der Waals surface area contributed by atoms with Crippen molar-refractivity contribution < 1.29 is 19.4 Å². The van der Waals surface area contributed by atoms with Gasteiger partial charge in [0.1, 0.15) is 5.69 Å². The van der Waals surface area contributed by atoms with Gasteiger partial charge >= 0.3 is 0 Å². The minimum atomic E-state index is -0.617. The first-order chi connectivity index (χ1) is 26.1. The number of aliphatic hydroxyl groups excluding tert-OH is 1. The van der Waals surface area contributed by atoms with E-state index in [1.54, 1.807) is 4.68 Å². The maximum atomic E-state index is 13.0. The van der Waals surface area contributed by atoms with Crippen LogP contribution >= 0.6 is 11.8 Å². The molecule has 3 unspecified atom stereocenters.